The summed E-state index contributed by atoms with van der Waals surface area (Å²) in [6.45, 7) is 10.2. The molecule has 0 saturated carbocycles. The molecular weight excluding hydrogens is 472 g/mol. The first-order valence-electron chi connectivity index (χ1n) is 11.1. The number of ether oxygens (including phenoxy) is 3. The first-order chi connectivity index (χ1) is 15.3. The minimum Gasteiger partial charge on any atom is -0.497 e. The molecule has 1 aromatic heterocycles. The molecule has 1 aliphatic carbocycles. The van der Waals surface area contributed by atoms with Gasteiger partial charge in [0.25, 0.3) is 0 Å². The Bertz CT molecular complexity index is 1020. The van der Waals surface area contributed by atoms with Gasteiger partial charge in [0.15, 0.2) is 5.69 Å². The van der Waals surface area contributed by atoms with Crippen molar-refractivity contribution in [3.63, 3.8) is 0 Å². The van der Waals surface area contributed by atoms with E-state index in [1.165, 1.54) is 5.57 Å². The molecule has 32 heavy (non-hydrogen) atoms. The fourth-order valence-corrected chi connectivity index (χ4v) is 5.80. The van der Waals surface area contributed by atoms with Gasteiger partial charge in [0.2, 0.25) is 0 Å². The lowest BCUT2D eigenvalue weighted by Crippen LogP contribution is -2.54. The number of carbonyl (C=O) groups is 1. The van der Waals surface area contributed by atoms with Crippen LogP contribution in [0.5, 0.6) is 5.75 Å². The Morgan fingerprint density at radius 3 is 2.66 bits per heavy atom. The molecule has 0 radical (unpaired) electrons. The molecule has 1 saturated heterocycles. The number of aryl methyl sites for hydroxylation is 1. The highest BCUT2D eigenvalue weighted by Gasteiger charge is 2.54. The maximum absolute atomic E-state index is 12.8. The first kappa shape index (κ1) is 23.1. The van der Waals surface area contributed by atoms with Crippen LogP contribution in [0.15, 0.2) is 46.6 Å². The topological polar surface area (TPSA) is 62.6 Å². The zero-order chi connectivity index (χ0) is 23.0. The largest absolute Gasteiger partial charge is 0.497 e. The zero-order valence-electron chi connectivity index (χ0n) is 19.3. The summed E-state index contributed by atoms with van der Waals surface area (Å²) in [6.07, 6.45) is 4.10. The molecule has 1 aliphatic heterocycles. The summed E-state index contributed by atoms with van der Waals surface area (Å²) in [5.41, 5.74) is 2.51. The number of hydrogen-bond acceptors (Lipinski definition) is 5. The van der Waals surface area contributed by atoms with Crippen LogP contribution in [0.3, 0.4) is 0 Å². The summed E-state index contributed by atoms with van der Waals surface area (Å²) >= 11 is 3.42. The second-order valence-corrected chi connectivity index (χ2v) is 9.86. The number of nitrogens with zero attached hydrogens (tertiary/aromatic N) is 2. The Balaban J connectivity index is 1.56. The fourth-order valence-electron chi connectivity index (χ4n) is 5.32. The van der Waals surface area contributed by atoms with Gasteiger partial charge in [-0.05, 0) is 59.3 Å². The van der Waals surface area contributed by atoms with Gasteiger partial charge in [-0.1, -0.05) is 37.6 Å². The van der Waals surface area contributed by atoms with Crippen LogP contribution >= 0.6 is 15.9 Å². The Kier molecular flexibility index (Phi) is 6.50. The third kappa shape index (κ3) is 3.90. The fraction of sp³-hybridized carbons (Fsp3) is 0.520. The maximum atomic E-state index is 12.8. The number of methoxy groups -OCH3 is 1. The molecule has 5 atom stereocenters. The van der Waals surface area contributed by atoms with E-state index >= 15 is 0 Å². The van der Waals surface area contributed by atoms with Gasteiger partial charge in [0.05, 0.1) is 24.3 Å². The van der Waals surface area contributed by atoms with Gasteiger partial charge >= 0.3 is 5.97 Å². The third-order valence-electron chi connectivity index (χ3n) is 7.40. The van der Waals surface area contributed by atoms with E-state index in [0.717, 1.165) is 11.3 Å². The van der Waals surface area contributed by atoms with Crippen molar-refractivity contribution in [1.29, 1.82) is 0 Å². The van der Waals surface area contributed by atoms with Gasteiger partial charge in [-0.25, -0.2) is 4.79 Å². The van der Waals surface area contributed by atoms with E-state index in [-0.39, 0.29) is 29.3 Å². The number of benzene rings is 1. The van der Waals surface area contributed by atoms with E-state index < -0.39 is 5.97 Å². The molecule has 6 nitrogen and oxygen atoms in total. The van der Waals surface area contributed by atoms with Crippen LogP contribution in [-0.4, -0.2) is 36.1 Å². The monoisotopic (exact) mass is 502 g/mol. The lowest BCUT2D eigenvalue weighted by atomic mass is 9.56. The number of carbonyl (C=O) groups excluding carboxylic acids is 1. The summed E-state index contributed by atoms with van der Waals surface area (Å²) < 4.78 is 20.0. The van der Waals surface area contributed by atoms with Gasteiger partial charge in [-0.3, -0.25) is 4.68 Å². The van der Waals surface area contributed by atoms with Crippen molar-refractivity contribution in [2.24, 2.45) is 23.2 Å². The molecule has 2 aromatic rings. The summed E-state index contributed by atoms with van der Waals surface area (Å²) in [4.78, 5) is 12.8. The number of halogens is 1. The van der Waals surface area contributed by atoms with Crippen molar-refractivity contribution in [2.75, 3.05) is 20.3 Å². The van der Waals surface area contributed by atoms with Gasteiger partial charge in [0.1, 0.15) is 12.4 Å². The zero-order valence-corrected chi connectivity index (χ0v) is 20.9. The second kappa shape index (κ2) is 9.02. The highest BCUT2D eigenvalue weighted by atomic mass is 79.9. The van der Waals surface area contributed by atoms with Crippen LogP contribution in [0.25, 0.3) is 0 Å². The standard InChI is InChI=1S/C25H31BrN2O4/c1-6-28-12-20(26)22(27-28)24(29)32-14-25-13-31-23(18-7-9-19(30-5)10-8-18)21(17(25)4)15(2)11-16(25)3/h7-12,16-17,21,23H,6,13-14H2,1-5H3/t16-,17+,21+,23-,25-/m1/s1. The van der Waals surface area contributed by atoms with Crippen LogP contribution in [0, 0.1) is 23.2 Å². The molecule has 0 amide bonds. The van der Waals surface area contributed by atoms with Crippen LogP contribution < -0.4 is 4.74 Å². The SMILES string of the molecule is CCn1cc(Br)c(C(=O)OC[C@]23CO[C@H](c4ccc(OC)cc4)[C@@H](C(C)=C[C@H]2C)[C@@H]3C)n1. The quantitative estimate of drug-likeness (QED) is 0.388. The van der Waals surface area contributed by atoms with E-state index in [4.69, 9.17) is 14.2 Å². The maximum Gasteiger partial charge on any atom is 0.360 e. The van der Waals surface area contributed by atoms with Crippen molar-refractivity contribution in [3.05, 3.63) is 57.8 Å². The minimum atomic E-state index is -0.405. The number of esters is 1. The van der Waals surface area contributed by atoms with E-state index in [1.807, 2.05) is 19.1 Å². The third-order valence-corrected chi connectivity index (χ3v) is 7.98. The summed E-state index contributed by atoms with van der Waals surface area (Å²) in [6, 6.07) is 8.11. The summed E-state index contributed by atoms with van der Waals surface area (Å²) in [5, 5.41) is 4.33. The van der Waals surface area contributed by atoms with Crippen LogP contribution in [0.1, 0.15) is 49.9 Å². The van der Waals surface area contributed by atoms with E-state index in [9.17, 15) is 4.79 Å². The van der Waals surface area contributed by atoms with Crippen LogP contribution in [0.4, 0.5) is 0 Å². The lowest BCUT2D eigenvalue weighted by molar-refractivity contribution is -0.166. The molecule has 2 bridgehead atoms. The number of rotatable bonds is 6. The van der Waals surface area contributed by atoms with Crippen molar-refractivity contribution < 1.29 is 19.0 Å². The molecule has 172 valence electrons. The highest BCUT2D eigenvalue weighted by molar-refractivity contribution is 9.10. The molecule has 0 unspecified atom stereocenters. The van der Waals surface area contributed by atoms with Gasteiger partial charge in [0, 0.05) is 24.1 Å². The number of allylic oxidation sites excluding steroid dienone is 1. The molecule has 2 heterocycles. The normalized spacial score (nSPS) is 29.4. The molecule has 0 spiro atoms. The van der Waals surface area contributed by atoms with Gasteiger partial charge in [-0.2, -0.15) is 5.10 Å². The van der Waals surface area contributed by atoms with Crippen molar-refractivity contribution in [2.45, 2.75) is 40.3 Å². The molecule has 1 aromatic carbocycles. The number of fused-ring (bicyclic) bond motifs is 2. The average molecular weight is 503 g/mol. The smallest absolute Gasteiger partial charge is 0.360 e. The van der Waals surface area contributed by atoms with Crippen molar-refractivity contribution >= 4 is 21.9 Å². The van der Waals surface area contributed by atoms with Crippen LogP contribution in [-0.2, 0) is 16.0 Å². The average Bonchev–Trinajstić information content (AvgIpc) is 3.17. The first-order valence-corrected chi connectivity index (χ1v) is 11.9. The van der Waals surface area contributed by atoms with E-state index in [0.29, 0.717) is 29.9 Å². The highest BCUT2D eigenvalue weighted by Crippen LogP contribution is 2.56. The molecule has 2 aliphatic rings. The molecule has 7 heteroatoms. The number of hydrogen-bond donors (Lipinski definition) is 0. The Morgan fingerprint density at radius 2 is 2.03 bits per heavy atom. The van der Waals surface area contributed by atoms with Gasteiger partial charge in [-0.15, -0.1) is 0 Å². The molecule has 1 fully saturated rings. The van der Waals surface area contributed by atoms with E-state index in [2.05, 4.69) is 60.0 Å². The predicted octanol–water partition coefficient (Wildman–Crippen LogP) is 5.44. The summed E-state index contributed by atoms with van der Waals surface area (Å²) in [7, 11) is 1.67. The number of aromatic nitrogens is 2. The summed E-state index contributed by atoms with van der Waals surface area (Å²) in [5.74, 6) is 1.17. The van der Waals surface area contributed by atoms with Crippen molar-refractivity contribution in [1.82, 2.24) is 9.78 Å². The minimum absolute atomic E-state index is 0.0297. The predicted molar refractivity (Wildman–Crippen MR) is 126 cm³/mol. The Hall–Kier alpha value is -2.12. The Morgan fingerprint density at radius 1 is 1.31 bits per heavy atom. The molecular formula is C25H31BrN2O4. The van der Waals surface area contributed by atoms with E-state index in [1.54, 1.807) is 18.0 Å². The van der Waals surface area contributed by atoms with Crippen LogP contribution in [0.2, 0.25) is 0 Å². The molecule has 4 rings (SSSR count). The second-order valence-electron chi connectivity index (χ2n) is 9.01. The molecule has 0 N–H and O–H groups in total. The van der Waals surface area contributed by atoms with Crippen molar-refractivity contribution in [3.8, 4) is 5.75 Å². The Labute approximate surface area is 198 Å². The van der Waals surface area contributed by atoms with Gasteiger partial charge < -0.3 is 14.2 Å². The lowest BCUT2D eigenvalue weighted by Gasteiger charge is -2.55.